The Balaban J connectivity index is 1.56. The first-order valence-electron chi connectivity index (χ1n) is 13.2. The molecule has 0 radical (unpaired) electrons. The Hall–Kier alpha value is -3.95. The van der Waals surface area contributed by atoms with Gasteiger partial charge in [0.15, 0.2) is 0 Å². The number of benzene rings is 2. The Morgan fingerprint density at radius 2 is 1.85 bits per heavy atom. The van der Waals surface area contributed by atoms with E-state index in [0.29, 0.717) is 35.8 Å². The number of urea groups is 1. The van der Waals surface area contributed by atoms with Crippen molar-refractivity contribution in [1.29, 1.82) is 0 Å². The van der Waals surface area contributed by atoms with Gasteiger partial charge in [0.25, 0.3) is 0 Å². The lowest BCUT2D eigenvalue weighted by Crippen LogP contribution is -2.47. The summed E-state index contributed by atoms with van der Waals surface area (Å²) in [6.07, 6.45) is 3.45. The minimum absolute atomic E-state index is 0.00300. The number of aliphatic hydroxyl groups excluding tert-OH is 1. The zero-order valence-corrected chi connectivity index (χ0v) is 22.7. The normalized spacial score (nSPS) is 18.3. The van der Waals surface area contributed by atoms with Crippen molar-refractivity contribution in [3.63, 3.8) is 0 Å². The second-order valence-corrected chi connectivity index (χ2v) is 10.2. The molecule has 0 saturated heterocycles. The van der Waals surface area contributed by atoms with E-state index in [9.17, 15) is 14.7 Å². The van der Waals surface area contributed by atoms with Crippen LogP contribution >= 0.6 is 0 Å². The summed E-state index contributed by atoms with van der Waals surface area (Å²) in [5.41, 5.74) is 3.07. The number of likely N-dealkylation sites (N-methyl/N-ethyl adjacent to an activating group) is 1. The maximum absolute atomic E-state index is 13.4. The fraction of sp³-hybridized carbons (Fsp3) is 0.367. The first-order valence-corrected chi connectivity index (χ1v) is 13.2. The number of fused-ring (bicyclic) bond motifs is 1. The van der Waals surface area contributed by atoms with Crippen LogP contribution in [0.3, 0.4) is 0 Å². The van der Waals surface area contributed by atoms with E-state index in [1.54, 1.807) is 41.6 Å². The van der Waals surface area contributed by atoms with Crippen molar-refractivity contribution in [2.75, 3.05) is 37.4 Å². The van der Waals surface area contributed by atoms with Crippen LogP contribution in [0.4, 0.5) is 16.2 Å². The number of hydrogen-bond donors (Lipinski definition) is 3. The maximum Gasteiger partial charge on any atom is 0.323 e. The van der Waals surface area contributed by atoms with Crippen molar-refractivity contribution in [1.82, 2.24) is 14.8 Å². The zero-order valence-electron chi connectivity index (χ0n) is 22.7. The van der Waals surface area contributed by atoms with Crippen LogP contribution in [0.15, 0.2) is 73.1 Å². The number of carbonyl (C=O) groups is 2. The summed E-state index contributed by atoms with van der Waals surface area (Å²) in [5.74, 6) is 0.526. The van der Waals surface area contributed by atoms with Crippen molar-refractivity contribution < 1.29 is 19.4 Å². The Labute approximate surface area is 229 Å². The van der Waals surface area contributed by atoms with Gasteiger partial charge in [-0.1, -0.05) is 25.1 Å². The molecule has 1 aliphatic rings. The first-order chi connectivity index (χ1) is 18.8. The lowest BCUT2D eigenvalue weighted by atomic mass is 10.0. The van der Waals surface area contributed by atoms with Crippen molar-refractivity contribution >= 4 is 23.3 Å². The molecule has 1 unspecified atom stereocenters. The molecule has 2 aromatic carbocycles. The summed E-state index contributed by atoms with van der Waals surface area (Å²) in [6, 6.07) is 17.8. The highest BCUT2D eigenvalue weighted by Crippen LogP contribution is 2.29. The number of nitrogens with zero attached hydrogens (tertiary/aromatic N) is 3. The van der Waals surface area contributed by atoms with E-state index >= 15 is 0 Å². The lowest BCUT2D eigenvalue weighted by molar-refractivity contribution is -0.134. The molecule has 0 fully saturated rings. The number of aliphatic hydroxyl groups is 1. The molecule has 9 nitrogen and oxygen atoms in total. The Morgan fingerprint density at radius 3 is 2.56 bits per heavy atom. The van der Waals surface area contributed by atoms with Gasteiger partial charge < -0.3 is 25.4 Å². The number of hydrogen-bond acceptors (Lipinski definition) is 6. The van der Waals surface area contributed by atoms with Crippen molar-refractivity contribution in [3.05, 3.63) is 84.2 Å². The Kier molecular flexibility index (Phi) is 9.51. The average molecular weight is 532 g/mol. The second-order valence-electron chi connectivity index (χ2n) is 10.2. The minimum Gasteiger partial charge on any atom is -0.488 e. The fourth-order valence-electron chi connectivity index (χ4n) is 4.71. The minimum atomic E-state index is -0.378. The molecular weight excluding hydrogens is 494 g/mol. The molecular formula is C30H37N5O4. The third-order valence-corrected chi connectivity index (χ3v) is 6.90. The Morgan fingerprint density at radius 1 is 1.13 bits per heavy atom. The molecule has 2 heterocycles. The molecule has 0 bridgehead atoms. The number of nitrogens with one attached hydrogen (secondary N) is 2. The lowest BCUT2D eigenvalue weighted by Gasteiger charge is -2.34. The number of aromatic nitrogens is 1. The third kappa shape index (κ3) is 7.78. The van der Waals surface area contributed by atoms with Gasteiger partial charge in [0, 0.05) is 54.9 Å². The standard InChI is InChI=1S/C30H37N5O4/c1-21-17-35(22(2)20-36)29(37)16-24-15-26(33-30(38)32-25-7-5-4-6-8-25)9-10-27(24)39-28(21)19-34(3)18-23-11-13-31-14-12-23/h4-15,21-22,28,36H,16-20H2,1-3H3,(H2,32,33,38)/t21-,22+,28?/m1/s1. The smallest absolute Gasteiger partial charge is 0.323 e. The largest absolute Gasteiger partial charge is 0.488 e. The molecule has 1 aromatic heterocycles. The van der Waals surface area contributed by atoms with Gasteiger partial charge in [0.05, 0.1) is 19.1 Å². The van der Waals surface area contributed by atoms with Gasteiger partial charge in [-0.15, -0.1) is 0 Å². The first kappa shape index (κ1) is 28.1. The highest BCUT2D eigenvalue weighted by atomic mass is 16.5. The molecule has 1 aliphatic heterocycles. The van der Waals surface area contributed by atoms with Gasteiger partial charge in [-0.25, -0.2) is 4.79 Å². The van der Waals surface area contributed by atoms with Crippen LogP contribution in [0.5, 0.6) is 5.75 Å². The van der Waals surface area contributed by atoms with Gasteiger partial charge in [-0.3, -0.25) is 14.7 Å². The molecule has 0 spiro atoms. The number of para-hydroxylation sites is 1. The molecule has 0 saturated carbocycles. The molecule has 4 rings (SSSR count). The molecule has 3 N–H and O–H groups in total. The van der Waals surface area contributed by atoms with Crippen molar-refractivity contribution in [2.24, 2.45) is 5.92 Å². The van der Waals surface area contributed by atoms with Gasteiger partial charge in [0.1, 0.15) is 11.9 Å². The second kappa shape index (κ2) is 13.2. The topological polar surface area (TPSA) is 107 Å². The van der Waals surface area contributed by atoms with E-state index in [2.05, 4.69) is 27.4 Å². The average Bonchev–Trinajstić information content (AvgIpc) is 2.97. The highest BCUT2D eigenvalue weighted by Gasteiger charge is 2.31. The quantitative estimate of drug-likeness (QED) is 0.406. The van der Waals surface area contributed by atoms with Crippen LogP contribution in [-0.4, -0.2) is 70.7 Å². The van der Waals surface area contributed by atoms with Gasteiger partial charge in [-0.05, 0) is 62.0 Å². The van der Waals surface area contributed by atoms with E-state index in [-0.39, 0.29) is 43.0 Å². The van der Waals surface area contributed by atoms with E-state index in [1.165, 1.54) is 0 Å². The van der Waals surface area contributed by atoms with Gasteiger partial charge in [-0.2, -0.15) is 0 Å². The van der Waals surface area contributed by atoms with Crippen LogP contribution in [0, 0.1) is 5.92 Å². The zero-order chi connectivity index (χ0) is 27.8. The maximum atomic E-state index is 13.4. The fourth-order valence-corrected chi connectivity index (χ4v) is 4.71. The summed E-state index contributed by atoms with van der Waals surface area (Å²) in [4.78, 5) is 34.0. The molecule has 39 heavy (non-hydrogen) atoms. The number of pyridine rings is 1. The number of anilines is 2. The molecule has 3 amide bonds. The van der Waals surface area contributed by atoms with Crippen LogP contribution in [0.2, 0.25) is 0 Å². The van der Waals surface area contributed by atoms with E-state index in [4.69, 9.17) is 4.74 Å². The van der Waals surface area contributed by atoms with Crippen LogP contribution in [0.1, 0.15) is 25.0 Å². The predicted octanol–water partition coefficient (Wildman–Crippen LogP) is 4.01. The van der Waals surface area contributed by atoms with Crippen LogP contribution in [-0.2, 0) is 17.8 Å². The van der Waals surface area contributed by atoms with Crippen molar-refractivity contribution in [2.45, 2.75) is 39.0 Å². The van der Waals surface area contributed by atoms with Gasteiger partial charge in [0.2, 0.25) is 5.91 Å². The molecule has 3 atom stereocenters. The molecule has 3 aromatic rings. The van der Waals surface area contributed by atoms with E-state index in [0.717, 1.165) is 12.1 Å². The van der Waals surface area contributed by atoms with Crippen LogP contribution in [0.25, 0.3) is 0 Å². The van der Waals surface area contributed by atoms with Crippen LogP contribution < -0.4 is 15.4 Å². The summed E-state index contributed by atoms with van der Waals surface area (Å²) < 4.78 is 6.58. The number of ether oxygens (including phenoxy) is 1. The third-order valence-electron chi connectivity index (χ3n) is 6.90. The van der Waals surface area contributed by atoms with E-state index in [1.807, 2.05) is 50.4 Å². The SMILES string of the molecule is C[C@@H]1CN([C@@H](C)CO)C(=O)Cc2cc(NC(=O)Nc3ccccc3)ccc2OC1CN(C)Cc1ccncc1. The number of carbonyl (C=O) groups excluding carboxylic acids is 2. The molecule has 206 valence electrons. The predicted molar refractivity (Wildman–Crippen MR) is 152 cm³/mol. The van der Waals surface area contributed by atoms with E-state index < -0.39 is 0 Å². The summed E-state index contributed by atoms with van der Waals surface area (Å²) in [5, 5.41) is 15.5. The van der Waals surface area contributed by atoms with Gasteiger partial charge >= 0.3 is 6.03 Å². The molecule has 0 aliphatic carbocycles. The Bertz CT molecular complexity index is 1240. The van der Waals surface area contributed by atoms with Crippen molar-refractivity contribution in [3.8, 4) is 5.75 Å². The summed E-state index contributed by atoms with van der Waals surface area (Å²) in [6.45, 7) is 5.63. The summed E-state index contributed by atoms with van der Waals surface area (Å²) >= 11 is 0. The molecule has 9 heteroatoms. The highest BCUT2D eigenvalue weighted by molar-refractivity contribution is 5.99. The number of rotatable bonds is 8. The number of amides is 3. The summed E-state index contributed by atoms with van der Waals surface area (Å²) in [7, 11) is 2.04. The monoisotopic (exact) mass is 531 g/mol.